The van der Waals surface area contributed by atoms with Crippen LogP contribution in [0.2, 0.25) is 0 Å². The summed E-state index contributed by atoms with van der Waals surface area (Å²) in [6.45, 7) is 3.77. The molecule has 8 heteroatoms. The Bertz CT molecular complexity index is 687. The fourth-order valence-electron chi connectivity index (χ4n) is 2.48. The zero-order valence-corrected chi connectivity index (χ0v) is 12.3. The van der Waals surface area contributed by atoms with Crippen LogP contribution >= 0.6 is 0 Å². The van der Waals surface area contributed by atoms with Gasteiger partial charge < -0.3 is 4.90 Å². The molecule has 0 atom stereocenters. The Kier molecular flexibility index (Phi) is 4.77. The Balaban J connectivity index is 2.51. The van der Waals surface area contributed by atoms with Gasteiger partial charge in [-0.15, -0.1) is 0 Å². The second kappa shape index (κ2) is 6.33. The summed E-state index contributed by atoms with van der Waals surface area (Å²) < 4.78 is 78.5. The summed E-state index contributed by atoms with van der Waals surface area (Å²) >= 11 is 0. The first-order valence-corrected chi connectivity index (χ1v) is 6.94. The molecule has 0 saturated carbocycles. The molecule has 1 heterocycles. The molecule has 2 nitrogen and oxygen atoms in total. The van der Waals surface area contributed by atoms with E-state index in [0.717, 1.165) is 12.1 Å². The highest BCUT2D eigenvalue weighted by molar-refractivity contribution is 6.19. The van der Waals surface area contributed by atoms with Crippen molar-refractivity contribution in [3.63, 3.8) is 0 Å². The molecule has 1 aliphatic rings. The van der Waals surface area contributed by atoms with Crippen molar-refractivity contribution in [2.24, 2.45) is 0 Å². The third-order valence-corrected chi connectivity index (χ3v) is 3.58. The molecule has 24 heavy (non-hydrogen) atoms. The highest BCUT2D eigenvalue weighted by atomic mass is 19.4. The molecule has 2 rings (SSSR count). The van der Waals surface area contributed by atoms with Crippen LogP contribution in [-0.4, -0.2) is 23.9 Å². The summed E-state index contributed by atoms with van der Waals surface area (Å²) in [7, 11) is 0. The number of nitrogens with zero attached hydrogens (tertiary/aromatic N) is 1. The third-order valence-electron chi connectivity index (χ3n) is 3.58. The molecule has 0 fully saturated rings. The number of hydrogen-bond donors (Lipinski definition) is 0. The monoisotopic (exact) mass is 349 g/mol. The predicted molar refractivity (Wildman–Crippen MR) is 75.8 cm³/mol. The average molecular weight is 349 g/mol. The topological polar surface area (TPSA) is 20.3 Å². The van der Waals surface area contributed by atoms with Gasteiger partial charge in [0.25, 0.3) is 5.91 Å². The lowest BCUT2D eigenvalue weighted by molar-refractivity contribution is -0.162. The summed E-state index contributed by atoms with van der Waals surface area (Å²) in [5.74, 6) is -0.816. The molecule has 1 aromatic carbocycles. The van der Waals surface area contributed by atoms with Crippen LogP contribution in [0.15, 0.2) is 36.9 Å². The number of halogens is 6. The SMILES string of the molecule is C=C(C(=O)N1CC=CCC1)c1cccc(C(F)(F)F)c1C(F)(F)F. The number of alkyl halides is 6. The predicted octanol–water partition coefficient (Wildman–Crippen LogP) is 4.53. The highest BCUT2D eigenvalue weighted by Crippen LogP contribution is 2.43. The van der Waals surface area contributed by atoms with Gasteiger partial charge in [-0.05, 0) is 18.1 Å². The van der Waals surface area contributed by atoms with E-state index >= 15 is 0 Å². The molecule has 1 aromatic rings. The summed E-state index contributed by atoms with van der Waals surface area (Å²) in [5.41, 5.74) is -5.18. The molecule has 0 aromatic heterocycles. The van der Waals surface area contributed by atoms with E-state index in [-0.39, 0.29) is 13.1 Å². The van der Waals surface area contributed by atoms with E-state index in [2.05, 4.69) is 6.58 Å². The summed E-state index contributed by atoms with van der Waals surface area (Å²) in [5, 5.41) is 0. The number of hydrogen-bond acceptors (Lipinski definition) is 1. The van der Waals surface area contributed by atoms with Gasteiger partial charge in [-0.1, -0.05) is 30.9 Å². The van der Waals surface area contributed by atoms with Crippen molar-refractivity contribution in [3.8, 4) is 0 Å². The lowest BCUT2D eigenvalue weighted by Gasteiger charge is -2.26. The minimum absolute atomic E-state index is 0.179. The third kappa shape index (κ3) is 3.63. The van der Waals surface area contributed by atoms with Gasteiger partial charge in [-0.3, -0.25) is 4.79 Å². The van der Waals surface area contributed by atoms with Gasteiger partial charge >= 0.3 is 12.4 Å². The maximum atomic E-state index is 13.2. The lowest BCUT2D eigenvalue weighted by atomic mass is 9.94. The molecule has 0 saturated heterocycles. The van der Waals surface area contributed by atoms with Crippen LogP contribution < -0.4 is 0 Å². The molecule has 1 amide bonds. The number of amides is 1. The van der Waals surface area contributed by atoms with E-state index in [9.17, 15) is 31.1 Å². The number of carbonyl (C=O) groups excluding carboxylic acids is 1. The van der Waals surface area contributed by atoms with Crippen LogP contribution in [0.4, 0.5) is 26.3 Å². The quantitative estimate of drug-likeness (QED) is 0.437. The first-order chi connectivity index (χ1) is 11.0. The Morgan fingerprint density at radius 1 is 1.04 bits per heavy atom. The molecule has 0 aliphatic carbocycles. The summed E-state index contributed by atoms with van der Waals surface area (Å²) in [6, 6.07) is 2.01. The van der Waals surface area contributed by atoms with Crippen molar-refractivity contribution in [3.05, 3.63) is 53.6 Å². The molecular formula is C16H13F6NO. The number of carbonyl (C=O) groups is 1. The van der Waals surface area contributed by atoms with Gasteiger partial charge in [-0.2, -0.15) is 26.3 Å². The highest BCUT2D eigenvalue weighted by Gasteiger charge is 2.45. The molecular weight excluding hydrogens is 336 g/mol. The second-order valence-electron chi connectivity index (χ2n) is 5.21. The van der Waals surface area contributed by atoms with Gasteiger partial charge in [0, 0.05) is 18.7 Å². The minimum Gasteiger partial charge on any atom is -0.335 e. The van der Waals surface area contributed by atoms with Crippen LogP contribution in [0.1, 0.15) is 23.1 Å². The van der Waals surface area contributed by atoms with Crippen molar-refractivity contribution in [2.75, 3.05) is 13.1 Å². The standard InChI is InChI=1S/C16H13F6NO/c1-10(14(24)23-8-3-2-4-9-23)11-6-5-7-12(15(17,18)19)13(11)16(20,21)22/h2-3,5-7H,1,4,8-9H2. The van der Waals surface area contributed by atoms with Crippen LogP contribution in [-0.2, 0) is 17.1 Å². The lowest BCUT2D eigenvalue weighted by Crippen LogP contribution is -2.34. The normalized spacial score (nSPS) is 15.5. The summed E-state index contributed by atoms with van der Waals surface area (Å²) in [6.07, 6.45) is -6.48. The molecule has 0 radical (unpaired) electrons. The fraction of sp³-hybridized carbons (Fsp3) is 0.312. The molecule has 130 valence electrons. The van der Waals surface area contributed by atoms with E-state index < -0.39 is 40.5 Å². The fourth-order valence-corrected chi connectivity index (χ4v) is 2.48. The number of rotatable bonds is 2. The van der Waals surface area contributed by atoms with Crippen LogP contribution in [0, 0.1) is 0 Å². The largest absolute Gasteiger partial charge is 0.417 e. The Labute approximate surface area is 134 Å². The van der Waals surface area contributed by atoms with Crippen LogP contribution in [0.25, 0.3) is 5.57 Å². The first-order valence-electron chi connectivity index (χ1n) is 6.94. The van der Waals surface area contributed by atoms with E-state index in [0.29, 0.717) is 12.5 Å². The molecule has 0 unspecified atom stereocenters. The maximum absolute atomic E-state index is 13.2. The van der Waals surface area contributed by atoms with Gasteiger partial charge in [0.15, 0.2) is 0 Å². The van der Waals surface area contributed by atoms with Crippen molar-refractivity contribution >= 4 is 11.5 Å². The molecule has 1 aliphatic heterocycles. The second-order valence-corrected chi connectivity index (χ2v) is 5.21. The first kappa shape index (κ1) is 18.1. The van der Waals surface area contributed by atoms with Crippen molar-refractivity contribution in [1.82, 2.24) is 4.90 Å². The van der Waals surface area contributed by atoms with Crippen molar-refractivity contribution in [2.45, 2.75) is 18.8 Å². The van der Waals surface area contributed by atoms with E-state index in [1.165, 1.54) is 4.90 Å². The van der Waals surface area contributed by atoms with Crippen molar-refractivity contribution < 1.29 is 31.1 Å². The molecule has 0 bridgehead atoms. The van der Waals surface area contributed by atoms with E-state index in [4.69, 9.17) is 0 Å². The Morgan fingerprint density at radius 3 is 2.21 bits per heavy atom. The Hall–Kier alpha value is -2.25. The maximum Gasteiger partial charge on any atom is 0.417 e. The van der Waals surface area contributed by atoms with Crippen LogP contribution in [0.5, 0.6) is 0 Å². The van der Waals surface area contributed by atoms with Crippen molar-refractivity contribution in [1.29, 1.82) is 0 Å². The summed E-state index contributed by atoms with van der Waals surface area (Å²) in [4.78, 5) is 13.5. The smallest absolute Gasteiger partial charge is 0.335 e. The van der Waals surface area contributed by atoms with Gasteiger partial charge in [0.2, 0.25) is 0 Å². The van der Waals surface area contributed by atoms with Gasteiger partial charge in [0.1, 0.15) is 0 Å². The van der Waals surface area contributed by atoms with Crippen LogP contribution in [0.3, 0.4) is 0 Å². The zero-order valence-electron chi connectivity index (χ0n) is 12.3. The Morgan fingerprint density at radius 2 is 1.71 bits per heavy atom. The van der Waals surface area contributed by atoms with E-state index in [1.54, 1.807) is 12.2 Å². The zero-order chi connectivity index (χ0) is 18.1. The molecule has 0 spiro atoms. The molecule has 0 N–H and O–H groups in total. The minimum atomic E-state index is -5.27. The van der Waals surface area contributed by atoms with E-state index in [1.807, 2.05) is 0 Å². The van der Waals surface area contributed by atoms with Gasteiger partial charge in [-0.25, -0.2) is 0 Å². The number of benzene rings is 1. The average Bonchev–Trinajstić information content (AvgIpc) is 2.52. The van der Waals surface area contributed by atoms with Gasteiger partial charge in [0.05, 0.1) is 11.1 Å².